The third kappa shape index (κ3) is 4.96. The first kappa shape index (κ1) is 22.9. The van der Waals surface area contributed by atoms with Gasteiger partial charge < -0.3 is 9.80 Å². The number of aryl methyl sites for hydroxylation is 1. The third-order valence-corrected chi connectivity index (χ3v) is 7.85. The number of thioether (sulfide) groups is 1. The van der Waals surface area contributed by atoms with Gasteiger partial charge >= 0.3 is 0 Å². The van der Waals surface area contributed by atoms with Crippen LogP contribution in [0.5, 0.6) is 0 Å². The Morgan fingerprint density at radius 1 is 1.03 bits per heavy atom. The number of carbonyl (C=O) groups excluding carboxylic acids is 1. The van der Waals surface area contributed by atoms with Crippen molar-refractivity contribution >= 4 is 46.3 Å². The summed E-state index contributed by atoms with van der Waals surface area (Å²) < 4.78 is 2.03. The molecule has 5 rings (SSSR count). The van der Waals surface area contributed by atoms with Crippen molar-refractivity contribution in [3.63, 3.8) is 0 Å². The van der Waals surface area contributed by atoms with Crippen LogP contribution in [0.3, 0.4) is 0 Å². The molecule has 174 valence electrons. The van der Waals surface area contributed by atoms with Crippen molar-refractivity contribution in [3.8, 4) is 5.69 Å². The molecule has 4 aromatic rings. The van der Waals surface area contributed by atoms with Crippen molar-refractivity contribution in [1.82, 2.24) is 24.6 Å². The van der Waals surface area contributed by atoms with E-state index in [-0.39, 0.29) is 5.91 Å². The van der Waals surface area contributed by atoms with Gasteiger partial charge in [0.1, 0.15) is 16.5 Å². The minimum absolute atomic E-state index is 0.0125. The van der Waals surface area contributed by atoms with Crippen molar-refractivity contribution in [1.29, 1.82) is 0 Å². The van der Waals surface area contributed by atoms with E-state index in [9.17, 15) is 4.79 Å². The van der Waals surface area contributed by atoms with Crippen LogP contribution in [0.1, 0.15) is 21.3 Å². The molecule has 1 fully saturated rings. The summed E-state index contributed by atoms with van der Waals surface area (Å²) in [6.07, 6.45) is 0. The van der Waals surface area contributed by atoms with Gasteiger partial charge in [0.2, 0.25) is 0 Å². The molecular formula is C24H23ClN6OS2. The Morgan fingerprint density at radius 2 is 1.79 bits per heavy atom. The number of aromatic nitrogens is 4. The molecule has 0 saturated carbocycles. The summed E-state index contributed by atoms with van der Waals surface area (Å²) in [6, 6.07) is 17.9. The number of para-hydroxylation sites is 1. The van der Waals surface area contributed by atoms with Gasteiger partial charge in [-0.2, -0.15) is 0 Å². The molecule has 1 aliphatic heterocycles. The molecule has 34 heavy (non-hydrogen) atoms. The molecule has 0 bridgehead atoms. The molecule has 1 saturated heterocycles. The lowest BCUT2D eigenvalue weighted by atomic mass is 10.2. The Morgan fingerprint density at radius 3 is 2.56 bits per heavy atom. The normalized spacial score (nSPS) is 13.9. The van der Waals surface area contributed by atoms with E-state index in [4.69, 9.17) is 11.6 Å². The summed E-state index contributed by atoms with van der Waals surface area (Å²) >= 11 is 9.20. The second kappa shape index (κ2) is 10.2. The van der Waals surface area contributed by atoms with Gasteiger partial charge in [0, 0.05) is 48.0 Å². The van der Waals surface area contributed by atoms with E-state index in [1.54, 1.807) is 11.8 Å². The zero-order chi connectivity index (χ0) is 23.5. The first-order valence-electron chi connectivity index (χ1n) is 10.9. The highest BCUT2D eigenvalue weighted by Crippen LogP contribution is 2.27. The van der Waals surface area contributed by atoms with E-state index >= 15 is 0 Å². The predicted molar refractivity (Wildman–Crippen MR) is 137 cm³/mol. The Bertz CT molecular complexity index is 1280. The van der Waals surface area contributed by atoms with Crippen molar-refractivity contribution in [2.24, 2.45) is 0 Å². The van der Waals surface area contributed by atoms with Crippen LogP contribution >= 0.6 is 34.7 Å². The van der Waals surface area contributed by atoms with Crippen LogP contribution in [0, 0.1) is 6.92 Å². The molecule has 7 nitrogen and oxygen atoms in total. The molecule has 3 heterocycles. The molecule has 2 aromatic carbocycles. The largest absolute Gasteiger partial charge is 0.368 e. The van der Waals surface area contributed by atoms with E-state index in [0.29, 0.717) is 24.5 Å². The van der Waals surface area contributed by atoms with Crippen LogP contribution in [0.25, 0.3) is 5.69 Å². The van der Waals surface area contributed by atoms with Crippen molar-refractivity contribution in [3.05, 3.63) is 81.5 Å². The van der Waals surface area contributed by atoms with E-state index in [1.807, 2.05) is 76.4 Å². The number of halogens is 1. The molecule has 0 radical (unpaired) electrons. The zero-order valence-corrected chi connectivity index (χ0v) is 21.0. The summed E-state index contributed by atoms with van der Waals surface area (Å²) in [5, 5.41) is 12.8. The van der Waals surface area contributed by atoms with Crippen molar-refractivity contribution < 1.29 is 4.79 Å². The number of nitrogens with zero attached hydrogens (tertiary/aromatic N) is 6. The number of amides is 1. The Balaban J connectivity index is 1.19. The molecule has 0 N–H and O–H groups in total. The summed E-state index contributed by atoms with van der Waals surface area (Å²) in [4.78, 5) is 21.8. The number of rotatable bonds is 6. The van der Waals surface area contributed by atoms with Crippen LogP contribution in [0.2, 0.25) is 5.02 Å². The SMILES string of the molecule is Cc1nnc(SCc2nc(C(=O)N3CCN(c4cccc(Cl)c4)CC3)cs2)n1-c1ccccc1. The molecule has 1 amide bonds. The highest BCUT2D eigenvalue weighted by molar-refractivity contribution is 7.98. The van der Waals surface area contributed by atoms with Gasteiger partial charge in [-0.3, -0.25) is 9.36 Å². The highest BCUT2D eigenvalue weighted by Gasteiger charge is 2.24. The Hall–Kier alpha value is -2.88. The number of piperazine rings is 1. The first-order valence-corrected chi connectivity index (χ1v) is 13.2. The predicted octanol–water partition coefficient (Wildman–Crippen LogP) is 4.94. The van der Waals surface area contributed by atoms with Crippen LogP contribution < -0.4 is 4.90 Å². The van der Waals surface area contributed by atoms with Gasteiger partial charge in [-0.05, 0) is 37.3 Å². The average Bonchev–Trinajstić information content (AvgIpc) is 3.49. The Kier molecular flexibility index (Phi) is 6.85. The van der Waals surface area contributed by atoms with E-state index in [0.717, 1.165) is 45.5 Å². The maximum absolute atomic E-state index is 13.0. The minimum atomic E-state index is -0.0125. The molecular weight excluding hydrogens is 488 g/mol. The molecule has 0 unspecified atom stereocenters. The maximum Gasteiger partial charge on any atom is 0.273 e. The van der Waals surface area contributed by atoms with Gasteiger partial charge in [0.15, 0.2) is 5.16 Å². The monoisotopic (exact) mass is 510 g/mol. The zero-order valence-electron chi connectivity index (χ0n) is 18.6. The number of hydrogen-bond acceptors (Lipinski definition) is 7. The van der Waals surface area contributed by atoms with Gasteiger partial charge in [-0.1, -0.05) is 47.6 Å². The Labute approximate surface area is 211 Å². The summed E-state index contributed by atoms with van der Waals surface area (Å²) in [6.45, 7) is 4.80. The molecule has 0 spiro atoms. The smallest absolute Gasteiger partial charge is 0.273 e. The molecule has 0 atom stereocenters. The number of anilines is 1. The second-order valence-corrected chi connectivity index (χ2v) is 10.2. The number of carbonyl (C=O) groups is 1. The van der Waals surface area contributed by atoms with Gasteiger partial charge in [0.25, 0.3) is 5.91 Å². The fourth-order valence-electron chi connectivity index (χ4n) is 3.92. The number of benzene rings is 2. The quantitative estimate of drug-likeness (QED) is 0.342. The maximum atomic E-state index is 13.0. The fourth-order valence-corrected chi connectivity index (χ4v) is 5.88. The number of thiazole rings is 1. The molecule has 2 aromatic heterocycles. The van der Waals surface area contributed by atoms with E-state index < -0.39 is 0 Å². The molecule has 10 heteroatoms. The van der Waals surface area contributed by atoms with Crippen molar-refractivity contribution in [2.75, 3.05) is 31.1 Å². The first-order chi connectivity index (χ1) is 16.6. The molecule has 1 aliphatic rings. The lowest BCUT2D eigenvalue weighted by molar-refractivity contribution is 0.0741. The lowest BCUT2D eigenvalue weighted by Gasteiger charge is -2.35. The average molecular weight is 511 g/mol. The van der Waals surface area contributed by atoms with Crippen LogP contribution in [-0.2, 0) is 5.75 Å². The summed E-state index contributed by atoms with van der Waals surface area (Å²) in [7, 11) is 0. The van der Waals surface area contributed by atoms with E-state index in [2.05, 4.69) is 20.1 Å². The highest BCUT2D eigenvalue weighted by atomic mass is 35.5. The van der Waals surface area contributed by atoms with Crippen LogP contribution in [0.15, 0.2) is 65.1 Å². The topological polar surface area (TPSA) is 67.2 Å². The fraction of sp³-hybridized carbons (Fsp3) is 0.250. The van der Waals surface area contributed by atoms with Gasteiger partial charge in [-0.15, -0.1) is 21.5 Å². The number of hydrogen-bond donors (Lipinski definition) is 0. The van der Waals surface area contributed by atoms with Crippen molar-refractivity contribution in [2.45, 2.75) is 17.8 Å². The molecule has 0 aliphatic carbocycles. The lowest BCUT2D eigenvalue weighted by Crippen LogP contribution is -2.48. The third-order valence-electron chi connectivity index (χ3n) is 5.65. The second-order valence-electron chi connectivity index (χ2n) is 7.88. The van der Waals surface area contributed by atoms with E-state index in [1.165, 1.54) is 11.3 Å². The van der Waals surface area contributed by atoms with Crippen LogP contribution in [-0.4, -0.2) is 56.7 Å². The standard InChI is InChI=1S/C24H23ClN6OS2/c1-17-27-28-24(31(17)19-7-3-2-4-8-19)34-16-22-26-21(15-33-22)23(32)30-12-10-29(11-13-30)20-9-5-6-18(25)14-20/h2-9,14-15H,10-13,16H2,1H3. The van der Waals surface area contributed by atoms with Crippen LogP contribution in [0.4, 0.5) is 5.69 Å². The summed E-state index contributed by atoms with van der Waals surface area (Å²) in [5.41, 5.74) is 2.63. The minimum Gasteiger partial charge on any atom is -0.368 e. The van der Waals surface area contributed by atoms with Gasteiger partial charge in [0.05, 0.1) is 5.75 Å². The summed E-state index contributed by atoms with van der Waals surface area (Å²) in [5.74, 6) is 1.45. The van der Waals surface area contributed by atoms with Gasteiger partial charge in [-0.25, -0.2) is 4.98 Å².